The Hall–Kier alpha value is -2.82. The van der Waals surface area contributed by atoms with E-state index in [1.165, 1.54) is 11.8 Å². The standard InChI is InChI=1S/C25H31N3O6S/c1-16-22(24(30)34-12-11-31-2)23(17-6-8-19(32-3)9-7-17)28-18(15-35-25(28)27-16)13-21(29)26-14-20-5-4-10-33-20/h6-9,15,20,23H,4-5,10-14H2,1-3H3,(H,26,29). The monoisotopic (exact) mass is 501 g/mol. The minimum absolute atomic E-state index is 0.0732. The van der Waals surface area contributed by atoms with Gasteiger partial charge in [0, 0.05) is 26.0 Å². The number of esters is 1. The number of rotatable bonds is 10. The highest BCUT2D eigenvalue weighted by molar-refractivity contribution is 8.16. The van der Waals surface area contributed by atoms with E-state index >= 15 is 0 Å². The van der Waals surface area contributed by atoms with Crippen LogP contribution in [0.15, 0.2) is 51.6 Å². The quantitative estimate of drug-likeness (QED) is 0.386. The Morgan fingerprint density at radius 3 is 2.71 bits per heavy atom. The number of amides is 1. The van der Waals surface area contributed by atoms with E-state index in [-0.39, 0.29) is 25.0 Å². The molecule has 9 nitrogen and oxygen atoms in total. The van der Waals surface area contributed by atoms with Crippen LogP contribution in [0.4, 0.5) is 0 Å². The van der Waals surface area contributed by atoms with Crippen LogP contribution in [0.5, 0.6) is 5.75 Å². The molecule has 0 aliphatic carbocycles. The molecule has 4 rings (SSSR count). The van der Waals surface area contributed by atoms with Gasteiger partial charge >= 0.3 is 5.97 Å². The lowest BCUT2D eigenvalue weighted by molar-refractivity contribution is -0.141. The Labute approximate surface area is 209 Å². The van der Waals surface area contributed by atoms with Gasteiger partial charge in [-0.15, -0.1) is 0 Å². The predicted octanol–water partition coefficient (Wildman–Crippen LogP) is 3.15. The first-order valence-electron chi connectivity index (χ1n) is 11.6. The van der Waals surface area contributed by atoms with E-state index < -0.39 is 12.0 Å². The molecule has 0 spiro atoms. The maximum absolute atomic E-state index is 13.2. The zero-order chi connectivity index (χ0) is 24.8. The molecule has 1 amide bonds. The zero-order valence-corrected chi connectivity index (χ0v) is 21.1. The number of aliphatic imine (C=N–C) groups is 1. The van der Waals surface area contributed by atoms with Gasteiger partial charge in [0.05, 0.1) is 43.6 Å². The van der Waals surface area contributed by atoms with Crippen molar-refractivity contribution in [2.24, 2.45) is 4.99 Å². The number of nitrogens with one attached hydrogen (secondary N) is 1. The van der Waals surface area contributed by atoms with Crippen molar-refractivity contribution in [1.82, 2.24) is 10.2 Å². The SMILES string of the molecule is COCCOC(=O)C1=C(C)N=C2SC=C(CC(=O)NCC3CCCO3)N2C1c1ccc(OC)cc1. The van der Waals surface area contributed by atoms with Crippen molar-refractivity contribution < 1.29 is 28.5 Å². The molecule has 0 aromatic heterocycles. The fourth-order valence-corrected chi connectivity index (χ4v) is 5.25. The highest BCUT2D eigenvalue weighted by Gasteiger charge is 2.41. The number of fused-ring (bicyclic) bond motifs is 1. The molecule has 0 saturated carbocycles. The molecule has 1 N–H and O–H groups in total. The number of methoxy groups -OCH3 is 2. The molecule has 35 heavy (non-hydrogen) atoms. The van der Waals surface area contributed by atoms with Gasteiger partial charge in [0.2, 0.25) is 5.91 Å². The van der Waals surface area contributed by atoms with E-state index in [4.69, 9.17) is 18.9 Å². The van der Waals surface area contributed by atoms with Gasteiger partial charge in [0.25, 0.3) is 0 Å². The summed E-state index contributed by atoms with van der Waals surface area (Å²) >= 11 is 1.44. The number of thioether (sulfide) groups is 1. The Morgan fingerprint density at radius 1 is 1.23 bits per heavy atom. The van der Waals surface area contributed by atoms with Gasteiger partial charge in [-0.1, -0.05) is 23.9 Å². The second-order valence-corrected chi connectivity index (χ2v) is 9.25. The van der Waals surface area contributed by atoms with Crippen molar-refractivity contribution in [2.45, 2.75) is 38.3 Å². The molecule has 3 aliphatic rings. The van der Waals surface area contributed by atoms with E-state index in [0.717, 1.165) is 35.9 Å². The van der Waals surface area contributed by atoms with Gasteiger partial charge in [-0.3, -0.25) is 4.79 Å². The Morgan fingerprint density at radius 2 is 2.03 bits per heavy atom. The second kappa shape index (κ2) is 11.7. The summed E-state index contributed by atoms with van der Waals surface area (Å²) in [6.07, 6.45) is 2.22. The fraction of sp³-hybridized carbons (Fsp3) is 0.480. The number of allylic oxidation sites excluding steroid dienone is 1. The molecule has 2 atom stereocenters. The third kappa shape index (κ3) is 5.88. The number of nitrogens with zero attached hydrogens (tertiary/aromatic N) is 2. The van der Waals surface area contributed by atoms with E-state index in [0.29, 0.717) is 30.2 Å². The molecule has 1 aromatic rings. The molecule has 1 fully saturated rings. The molecule has 1 saturated heterocycles. The van der Waals surface area contributed by atoms with E-state index in [9.17, 15) is 9.59 Å². The van der Waals surface area contributed by atoms with Crippen LogP contribution in [0.1, 0.15) is 37.8 Å². The summed E-state index contributed by atoms with van der Waals surface area (Å²) in [5, 5.41) is 5.62. The van der Waals surface area contributed by atoms with Gasteiger partial charge in [-0.25, -0.2) is 9.79 Å². The first-order valence-corrected chi connectivity index (χ1v) is 12.5. The molecule has 0 radical (unpaired) electrons. The van der Waals surface area contributed by atoms with Crippen molar-refractivity contribution >= 4 is 28.8 Å². The van der Waals surface area contributed by atoms with E-state index in [1.54, 1.807) is 21.1 Å². The molecule has 188 valence electrons. The number of hydrogen-bond acceptors (Lipinski definition) is 9. The van der Waals surface area contributed by atoms with Crippen LogP contribution in [0.25, 0.3) is 0 Å². The van der Waals surface area contributed by atoms with Crippen molar-refractivity contribution in [3.8, 4) is 5.75 Å². The third-order valence-electron chi connectivity index (χ3n) is 6.07. The van der Waals surface area contributed by atoms with Crippen LogP contribution in [-0.4, -0.2) is 68.6 Å². The molecular weight excluding hydrogens is 470 g/mol. The van der Waals surface area contributed by atoms with Gasteiger partial charge in [-0.05, 0) is 42.9 Å². The van der Waals surface area contributed by atoms with E-state index in [2.05, 4.69) is 10.3 Å². The minimum atomic E-state index is -0.490. The number of carbonyl (C=O) groups is 2. The number of benzene rings is 1. The number of hydrogen-bond donors (Lipinski definition) is 1. The van der Waals surface area contributed by atoms with Crippen molar-refractivity contribution in [3.05, 3.63) is 52.2 Å². The Bertz CT molecular complexity index is 1030. The number of carbonyl (C=O) groups excluding carboxylic acids is 2. The lowest BCUT2D eigenvalue weighted by Gasteiger charge is -2.36. The molecule has 3 aliphatic heterocycles. The van der Waals surface area contributed by atoms with Crippen LogP contribution < -0.4 is 10.1 Å². The molecule has 10 heteroatoms. The summed E-state index contributed by atoms with van der Waals surface area (Å²) in [4.78, 5) is 32.6. The average molecular weight is 502 g/mol. The summed E-state index contributed by atoms with van der Waals surface area (Å²) in [5.41, 5.74) is 2.66. The molecule has 1 aromatic carbocycles. The lowest BCUT2D eigenvalue weighted by atomic mass is 9.93. The first-order chi connectivity index (χ1) is 17.0. The lowest BCUT2D eigenvalue weighted by Crippen LogP contribution is -2.39. The topological polar surface area (TPSA) is 98.7 Å². The average Bonchev–Trinajstić information content (AvgIpc) is 3.52. The Kier molecular flexibility index (Phi) is 8.48. The predicted molar refractivity (Wildman–Crippen MR) is 133 cm³/mol. The summed E-state index contributed by atoms with van der Waals surface area (Å²) in [6, 6.07) is 7.05. The van der Waals surface area contributed by atoms with E-state index in [1.807, 2.05) is 34.6 Å². The third-order valence-corrected chi connectivity index (χ3v) is 6.95. The van der Waals surface area contributed by atoms with Gasteiger partial charge in [-0.2, -0.15) is 0 Å². The maximum Gasteiger partial charge on any atom is 0.338 e. The largest absolute Gasteiger partial charge is 0.497 e. The molecule has 3 heterocycles. The highest BCUT2D eigenvalue weighted by Crippen LogP contribution is 2.45. The number of amidine groups is 1. The van der Waals surface area contributed by atoms with Crippen LogP contribution in [0.3, 0.4) is 0 Å². The molecular formula is C25H31N3O6S. The summed E-state index contributed by atoms with van der Waals surface area (Å²) in [7, 11) is 3.16. The van der Waals surface area contributed by atoms with Gasteiger partial charge < -0.3 is 29.2 Å². The van der Waals surface area contributed by atoms with Crippen LogP contribution in [0.2, 0.25) is 0 Å². The zero-order valence-electron chi connectivity index (χ0n) is 20.2. The second-order valence-electron chi connectivity index (χ2n) is 8.41. The summed E-state index contributed by atoms with van der Waals surface area (Å²) in [5.74, 6) is 0.156. The minimum Gasteiger partial charge on any atom is -0.497 e. The van der Waals surface area contributed by atoms with Gasteiger partial charge in [0.15, 0.2) is 5.17 Å². The molecule has 2 unspecified atom stereocenters. The molecule has 0 bridgehead atoms. The maximum atomic E-state index is 13.2. The summed E-state index contributed by atoms with van der Waals surface area (Å²) in [6.45, 7) is 3.49. The van der Waals surface area contributed by atoms with Crippen LogP contribution in [-0.2, 0) is 23.8 Å². The van der Waals surface area contributed by atoms with Crippen molar-refractivity contribution in [1.29, 1.82) is 0 Å². The van der Waals surface area contributed by atoms with Gasteiger partial charge in [0.1, 0.15) is 12.4 Å². The highest BCUT2D eigenvalue weighted by atomic mass is 32.2. The van der Waals surface area contributed by atoms with Crippen LogP contribution >= 0.6 is 11.8 Å². The normalized spacial score (nSPS) is 21.4. The van der Waals surface area contributed by atoms with Crippen LogP contribution in [0, 0.1) is 0 Å². The van der Waals surface area contributed by atoms with Crippen molar-refractivity contribution in [2.75, 3.05) is 40.6 Å². The summed E-state index contributed by atoms with van der Waals surface area (Å²) < 4.78 is 21.4. The first kappa shape index (κ1) is 25.3. The smallest absolute Gasteiger partial charge is 0.338 e. The van der Waals surface area contributed by atoms with Crippen molar-refractivity contribution in [3.63, 3.8) is 0 Å². The number of ether oxygens (including phenoxy) is 4. The Balaban J connectivity index is 1.58. The fourth-order valence-electron chi connectivity index (χ4n) is 4.29.